The summed E-state index contributed by atoms with van der Waals surface area (Å²) in [6.45, 7) is 2.62. The number of hydrogen-bond donors (Lipinski definition) is 0. The van der Waals surface area contributed by atoms with Gasteiger partial charge < -0.3 is 18.0 Å². The van der Waals surface area contributed by atoms with Crippen molar-refractivity contribution in [1.29, 1.82) is 0 Å². The second-order valence-electron chi connectivity index (χ2n) is 35.7. The Morgan fingerprint density at radius 1 is 0.437 bits per heavy atom. The molecule has 8 heterocycles. The van der Waals surface area contributed by atoms with E-state index in [0.29, 0.717) is 29.1 Å². The van der Waals surface area contributed by atoms with Crippen molar-refractivity contribution in [2.24, 2.45) is 29.1 Å². The highest BCUT2D eigenvalue weighted by atomic mass is 16.5. The van der Waals surface area contributed by atoms with Gasteiger partial charge in [0.25, 0.3) is 0 Å². The highest BCUT2D eigenvalue weighted by molar-refractivity contribution is 6.42. The third kappa shape index (κ3) is 5.80. The Hall–Kier alpha value is -10.3. The molecule has 6 nitrogen and oxygen atoms in total. The van der Waals surface area contributed by atoms with Crippen LogP contribution in [0.1, 0.15) is 176 Å². The number of fused-ring (bicyclic) bond motifs is 32. The lowest BCUT2D eigenvalue weighted by molar-refractivity contribution is -0.147. The van der Waals surface area contributed by atoms with Gasteiger partial charge in [-0.2, -0.15) is 0 Å². The highest BCUT2D eigenvalue weighted by Gasteiger charge is 2.73. The largest absolute Gasteiger partial charge is 0.457 e. The Labute approximate surface area is 593 Å². The minimum Gasteiger partial charge on any atom is -0.457 e. The average molecular weight is 1320 g/mol. The lowest BCUT2D eigenvalue weighted by Gasteiger charge is -2.67. The van der Waals surface area contributed by atoms with E-state index in [1.165, 1.54) is 253 Å². The SMILES string of the molecule is CC12CCC(Cc3ccc4c(c3)-c3cc5c(cc3C43c4ccccc4Oc4ccccc43)c3c4oc6cccc7ccc(c4c76)c4c6c7c(ncc6n5c34)C3CC4CC5CC7CC543)(CC1)c1cc3c(cc12)c1cc2cc(-c4ccccc4)ccc2c2c4c5c(ncc4n3c12)C1CC2CC(C1)CC5C2. The second-order valence-corrected chi connectivity index (χ2v) is 35.7. The fourth-order valence-electron chi connectivity index (χ4n) is 27.9. The molecule has 7 aromatic heterocycles. The van der Waals surface area contributed by atoms with Crippen LogP contribution in [-0.2, 0) is 22.7 Å². The van der Waals surface area contributed by atoms with Gasteiger partial charge in [-0.05, 0) is 279 Å². The normalized spacial score (nSPS) is 28.0. The summed E-state index contributed by atoms with van der Waals surface area (Å²) in [5.74, 6) is 7.50. The van der Waals surface area contributed by atoms with E-state index < -0.39 is 5.41 Å². The molecule has 0 radical (unpaired) electrons. The van der Waals surface area contributed by atoms with Gasteiger partial charge in [-0.25, -0.2) is 0 Å². The Morgan fingerprint density at radius 2 is 1.16 bits per heavy atom. The standard InChI is InChI=1S/C97H70N4O2/c1-94-24-26-95(27-25-94,71-42-74-63(39-70(71)94)64-36-53-34-52(50-10-3-2-4-11-50)20-21-59(53)83-87-75(100(74)91(64)83)45-98-89-55-31-48-28-49(32-55)30-54(29-48)81(87)89)43-47-18-23-66-61(33-47)62-41-73-65(40-69(62)97(66)67-13-5-7-15-77(67)102-78-16-8-6-14-68(78)97)86-92-84(60-22-19-51-12-9-17-79-80(51)85(60)93(86)103-79)88-76(101(73)92)46-99-90-72-38-58-37-57-35-56(82(88)90)44-96(57,58)72/h2-23,33-34,36,39-42,45-46,48-49,54-58,72H,24-32,35,37-38,43-44H2,1H3. The Balaban J connectivity index is 0.678. The van der Waals surface area contributed by atoms with Crippen molar-refractivity contribution in [2.45, 2.75) is 137 Å². The van der Waals surface area contributed by atoms with Gasteiger partial charge in [0.2, 0.25) is 0 Å². The van der Waals surface area contributed by atoms with Gasteiger partial charge in [-0.1, -0.05) is 128 Å². The summed E-state index contributed by atoms with van der Waals surface area (Å²) in [5.41, 5.74) is 30.6. The van der Waals surface area contributed by atoms with E-state index in [0.717, 1.165) is 52.8 Å². The van der Waals surface area contributed by atoms with Crippen LogP contribution in [0.25, 0.3) is 142 Å². The highest BCUT2D eigenvalue weighted by Crippen LogP contribution is 2.82. The van der Waals surface area contributed by atoms with Crippen LogP contribution in [0.4, 0.5) is 0 Å². The summed E-state index contributed by atoms with van der Waals surface area (Å²) >= 11 is 0. The molecule has 7 atom stereocenters. The van der Waals surface area contributed by atoms with Gasteiger partial charge in [0, 0.05) is 82.8 Å². The molecule has 0 amide bonds. The van der Waals surface area contributed by atoms with E-state index >= 15 is 0 Å². The average Bonchev–Trinajstić information content (AvgIpc) is 1.46. The minimum atomic E-state index is -0.668. The maximum Gasteiger partial charge on any atom is 0.146 e. The zero-order valence-corrected chi connectivity index (χ0v) is 57.5. The zero-order chi connectivity index (χ0) is 65.9. The van der Waals surface area contributed by atoms with Gasteiger partial charge >= 0.3 is 0 Å². The molecule has 31 rings (SSSR count). The number of rotatable bonds is 3. The van der Waals surface area contributed by atoms with Crippen molar-refractivity contribution < 1.29 is 9.15 Å². The second kappa shape index (κ2) is 17.2. The molecule has 6 fully saturated rings. The molecule has 11 aromatic carbocycles. The number of pyridine rings is 2. The first-order valence-corrected chi connectivity index (χ1v) is 39.2. The molecule has 18 aromatic rings. The van der Waals surface area contributed by atoms with E-state index in [1.54, 1.807) is 22.3 Å². The van der Waals surface area contributed by atoms with Gasteiger partial charge in [0.05, 0.1) is 56.3 Å². The lowest BCUT2D eigenvalue weighted by atomic mass is 9.37. The predicted octanol–water partition coefficient (Wildman–Crippen LogP) is 24.3. The van der Waals surface area contributed by atoms with Crippen LogP contribution >= 0.6 is 0 Å². The van der Waals surface area contributed by atoms with Crippen molar-refractivity contribution in [3.8, 4) is 33.8 Å². The summed E-state index contributed by atoms with van der Waals surface area (Å²) in [5, 5.41) is 18.9. The molecule has 6 saturated carbocycles. The maximum atomic E-state index is 7.42. The first-order chi connectivity index (χ1) is 50.8. The fraction of sp³-hybridized carbons (Fsp3) is 0.278. The molecule has 13 aliphatic rings. The van der Waals surface area contributed by atoms with Crippen LogP contribution in [0.15, 0.2) is 193 Å². The molecule has 2 spiro atoms. The predicted molar refractivity (Wildman–Crippen MR) is 414 cm³/mol. The number of aromatic nitrogens is 4. The van der Waals surface area contributed by atoms with Gasteiger partial charge in [0.1, 0.15) is 22.7 Å². The Bertz CT molecular complexity index is 7030. The Morgan fingerprint density at radius 3 is 1.98 bits per heavy atom. The Kier molecular flexibility index (Phi) is 8.91. The van der Waals surface area contributed by atoms with Crippen LogP contribution in [0.2, 0.25) is 0 Å². The first-order valence-electron chi connectivity index (χ1n) is 39.2. The quantitative estimate of drug-likeness (QED) is 0.165. The van der Waals surface area contributed by atoms with Crippen molar-refractivity contribution >= 4 is 120 Å². The molecule has 0 saturated heterocycles. The maximum absolute atomic E-state index is 7.42. The number of ether oxygens (including phenoxy) is 1. The van der Waals surface area contributed by atoms with E-state index in [9.17, 15) is 0 Å². The summed E-state index contributed by atoms with van der Waals surface area (Å²) < 4.78 is 19.9. The molecule has 1 aliphatic heterocycles. The number of benzene rings is 11. The van der Waals surface area contributed by atoms with Gasteiger partial charge in [0.15, 0.2) is 0 Å². The zero-order valence-electron chi connectivity index (χ0n) is 57.5. The van der Waals surface area contributed by atoms with Crippen molar-refractivity contribution in [2.75, 3.05) is 0 Å². The third-order valence-corrected chi connectivity index (χ3v) is 31.8. The van der Waals surface area contributed by atoms with Gasteiger partial charge in [-0.15, -0.1) is 0 Å². The molecule has 490 valence electrons. The van der Waals surface area contributed by atoms with Crippen LogP contribution in [0.5, 0.6) is 11.5 Å². The van der Waals surface area contributed by atoms with E-state index in [1.807, 2.05) is 0 Å². The van der Waals surface area contributed by atoms with Crippen molar-refractivity contribution in [1.82, 2.24) is 18.8 Å². The van der Waals surface area contributed by atoms with E-state index in [4.69, 9.17) is 19.1 Å². The van der Waals surface area contributed by atoms with E-state index in [2.05, 4.69) is 204 Å². The minimum absolute atomic E-state index is 0.0547. The fourth-order valence-corrected chi connectivity index (χ4v) is 27.9. The number of hydrogen-bond acceptors (Lipinski definition) is 4. The third-order valence-electron chi connectivity index (χ3n) is 31.8. The summed E-state index contributed by atoms with van der Waals surface area (Å²) in [6, 6.07) is 69.1. The van der Waals surface area contributed by atoms with Crippen molar-refractivity contribution in [3.05, 3.63) is 250 Å². The van der Waals surface area contributed by atoms with Crippen molar-refractivity contribution in [3.63, 3.8) is 0 Å². The van der Waals surface area contributed by atoms with E-state index in [-0.39, 0.29) is 10.8 Å². The van der Waals surface area contributed by atoms with Crippen LogP contribution < -0.4 is 4.74 Å². The summed E-state index contributed by atoms with van der Waals surface area (Å²) in [4.78, 5) is 11.5. The molecule has 8 bridgehead atoms. The van der Waals surface area contributed by atoms with Crippen LogP contribution in [0, 0.1) is 29.1 Å². The summed E-state index contributed by atoms with van der Waals surface area (Å²) in [7, 11) is 0. The van der Waals surface area contributed by atoms with Crippen LogP contribution in [-0.4, -0.2) is 18.8 Å². The monoisotopic (exact) mass is 1320 g/mol. The smallest absolute Gasteiger partial charge is 0.146 e. The van der Waals surface area contributed by atoms with Gasteiger partial charge in [-0.3, -0.25) is 9.97 Å². The first kappa shape index (κ1) is 53.5. The molecular weight excluding hydrogens is 1250 g/mol. The molecule has 12 aliphatic carbocycles. The molecule has 7 unspecified atom stereocenters. The lowest BCUT2D eigenvalue weighted by Crippen LogP contribution is -2.59. The number of nitrogens with zero attached hydrogens (tertiary/aromatic N) is 4. The molecule has 103 heavy (non-hydrogen) atoms. The molecule has 0 N–H and O–H groups in total. The topological polar surface area (TPSA) is 57.0 Å². The number of furan rings is 1. The number of para-hydroxylation sites is 2. The van der Waals surface area contributed by atoms with Crippen LogP contribution in [0.3, 0.4) is 0 Å². The molecular formula is C97H70N4O2. The summed E-state index contributed by atoms with van der Waals surface area (Å²) in [6.07, 6.45) is 22.5. The molecule has 6 heteroatoms.